The Balaban J connectivity index is 3.15. The first-order valence-corrected chi connectivity index (χ1v) is 3.44. The zero-order chi connectivity index (χ0) is 8.27. The number of hydrogen-bond donors (Lipinski definition) is 0. The predicted molar refractivity (Wildman–Crippen MR) is 45.8 cm³/mol. The van der Waals surface area contributed by atoms with Crippen LogP contribution < -0.4 is 0 Å². The highest BCUT2D eigenvalue weighted by Crippen LogP contribution is 2.06. The lowest BCUT2D eigenvalue weighted by Crippen LogP contribution is -1.92. The first kappa shape index (κ1) is 7.72. The van der Waals surface area contributed by atoms with E-state index in [-0.39, 0.29) is 0 Å². The minimum absolute atomic E-state index is 0.866. The molecular weight excluding hydrogens is 138 g/mol. The summed E-state index contributed by atoms with van der Waals surface area (Å²) in [6.45, 7) is 5.62. The van der Waals surface area contributed by atoms with Gasteiger partial charge in [-0.15, -0.1) is 5.10 Å². The third-order valence-electron chi connectivity index (χ3n) is 1.42. The van der Waals surface area contributed by atoms with Crippen LogP contribution in [0.25, 0.3) is 12.2 Å². The highest BCUT2D eigenvalue weighted by Gasteiger charge is 2.01. The van der Waals surface area contributed by atoms with E-state index in [9.17, 15) is 0 Å². The molecule has 0 radical (unpaired) electrons. The van der Waals surface area contributed by atoms with Gasteiger partial charge in [0.1, 0.15) is 5.69 Å². The molecule has 1 heterocycles. The second-order valence-electron chi connectivity index (χ2n) is 2.19. The highest BCUT2D eigenvalue weighted by molar-refractivity contribution is 5.57. The van der Waals surface area contributed by atoms with E-state index in [0.29, 0.717) is 0 Å². The van der Waals surface area contributed by atoms with Crippen LogP contribution in [0.5, 0.6) is 0 Å². The molecule has 0 unspecified atom stereocenters. The quantitative estimate of drug-likeness (QED) is 0.637. The molecule has 1 rings (SSSR count). The number of nitrogens with zero attached hydrogens (tertiary/aromatic N) is 3. The van der Waals surface area contributed by atoms with Gasteiger partial charge in [-0.25, -0.2) is 4.68 Å². The average Bonchev–Trinajstić information content (AvgIpc) is 2.33. The molecule has 0 spiro atoms. The van der Waals surface area contributed by atoms with E-state index >= 15 is 0 Å². The molecule has 0 saturated carbocycles. The minimum Gasteiger partial charge on any atom is -0.248 e. The fraction of sp³-hybridized carbons (Fsp3) is 0.250. The SMILES string of the molecule is C=Cc1c(/C=C\C)nnn1C. The van der Waals surface area contributed by atoms with Crippen molar-refractivity contribution >= 4 is 12.2 Å². The molecule has 1 aromatic rings. The molecule has 0 aliphatic heterocycles. The normalized spacial score (nSPS) is 10.7. The molecule has 58 valence electrons. The van der Waals surface area contributed by atoms with Crippen LogP contribution in [-0.2, 0) is 7.05 Å². The van der Waals surface area contributed by atoms with Crippen LogP contribution in [0, 0.1) is 0 Å². The summed E-state index contributed by atoms with van der Waals surface area (Å²) in [5.41, 5.74) is 1.81. The summed E-state index contributed by atoms with van der Waals surface area (Å²) in [7, 11) is 1.84. The van der Waals surface area contributed by atoms with Crippen molar-refractivity contribution in [2.45, 2.75) is 6.92 Å². The Labute approximate surface area is 66.0 Å². The maximum Gasteiger partial charge on any atom is 0.112 e. The molecule has 0 saturated heterocycles. The lowest BCUT2D eigenvalue weighted by molar-refractivity contribution is 0.709. The number of allylic oxidation sites excluding steroid dienone is 1. The first-order valence-electron chi connectivity index (χ1n) is 3.44. The van der Waals surface area contributed by atoms with Crippen LogP contribution in [0.2, 0.25) is 0 Å². The van der Waals surface area contributed by atoms with Gasteiger partial charge >= 0.3 is 0 Å². The number of aryl methyl sites for hydroxylation is 1. The molecule has 3 heteroatoms. The summed E-state index contributed by atoms with van der Waals surface area (Å²) in [5.74, 6) is 0. The molecule has 1 aromatic heterocycles. The second-order valence-corrected chi connectivity index (χ2v) is 2.19. The predicted octanol–water partition coefficient (Wildman–Crippen LogP) is 1.49. The van der Waals surface area contributed by atoms with Crippen molar-refractivity contribution < 1.29 is 0 Å². The monoisotopic (exact) mass is 149 g/mol. The van der Waals surface area contributed by atoms with Gasteiger partial charge in [0, 0.05) is 7.05 Å². The molecule has 3 nitrogen and oxygen atoms in total. The molecule has 11 heavy (non-hydrogen) atoms. The summed E-state index contributed by atoms with van der Waals surface area (Å²) >= 11 is 0. The third kappa shape index (κ3) is 1.37. The fourth-order valence-corrected chi connectivity index (χ4v) is 0.894. The van der Waals surface area contributed by atoms with E-state index in [0.717, 1.165) is 11.4 Å². The smallest absolute Gasteiger partial charge is 0.112 e. The lowest BCUT2D eigenvalue weighted by Gasteiger charge is -1.91. The van der Waals surface area contributed by atoms with Crippen LogP contribution in [-0.4, -0.2) is 15.0 Å². The van der Waals surface area contributed by atoms with Crippen LogP contribution in [0.15, 0.2) is 12.7 Å². The Morgan fingerprint density at radius 2 is 2.27 bits per heavy atom. The number of hydrogen-bond acceptors (Lipinski definition) is 2. The van der Waals surface area contributed by atoms with Crippen LogP contribution in [0.1, 0.15) is 18.3 Å². The largest absolute Gasteiger partial charge is 0.248 e. The molecule has 0 atom stereocenters. The summed E-state index contributed by atoms with van der Waals surface area (Å²) in [6.07, 6.45) is 5.58. The van der Waals surface area contributed by atoms with Crippen molar-refractivity contribution in [3.63, 3.8) is 0 Å². The van der Waals surface area contributed by atoms with Crippen molar-refractivity contribution in [1.29, 1.82) is 0 Å². The van der Waals surface area contributed by atoms with Gasteiger partial charge in [0.15, 0.2) is 0 Å². The van der Waals surface area contributed by atoms with Crippen LogP contribution in [0.4, 0.5) is 0 Å². The zero-order valence-electron chi connectivity index (χ0n) is 6.78. The van der Waals surface area contributed by atoms with Crippen LogP contribution in [0.3, 0.4) is 0 Å². The molecular formula is C8H11N3. The van der Waals surface area contributed by atoms with Crippen molar-refractivity contribution in [3.8, 4) is 0 Å². The highest BCUT2D eigenvalue weighted by atomic mass is 15.4. The summed E-state index contributed by atoms with van der Waals surface area (Å²) < 4.78 is 1.70. The molecule has 0 aliphatic carbocycles. The zero-order valence-corrected chi connectivity index (χ0v) is 6.78. The van der Waals surface area contributed by atoms with Crippen molar-refractivity contribution in [1.82, 2.24) is 15.0 Å². The third-order valence-corrected chi connectivity index (χ3v) is 1.42. The molecule has 0 bridgehead atoms. The van der Waals surface area contributed by atoms with Gasteiger partial charge in [-0.05, 0) is 19.1 Å². The van der Waals surface area contributed by atoms with E-state index in [1.54, 1.807) is 10.8 Å². The number of aromatic nitrogens is 3. The lowest BCUT2D eigenvalue weighted by atomic mass is 10.3. The minimum atomic E-state index is 0.866. The van der Waals surface area contributed by atoms with Gasteiger partial charge in [-0.3, -0.25) is 0 Å². The standard InChI is InChI=1S/C8H11N3/c1-4-6-7-8(5-2)11(3)10-9-7/h4-6H,2H2,1,3H3/b6-4-. The first-order chi connectivity index (χ1) is 5.29. The average molecular weight is 149 g/mol. The topological polar surface area (TPSA) is 30.7 Å². The summed E-state index contributed by atoms with van der Waals surface area (Å²) in [4.78, 5) is 0. The Kier molecular flexibility index (Phi) is 2.21. The van der Waals surface area contributed by atoms with Gasteiger partial charge in [0.2, 0.25) is 0 Å². The Morgan fingerprint density at radius 3 is 2.82 bits per heavy atom. The van der Waals surface area contributed by atoms with E-state index in [4.69, 9.17) is 0 Å². The molecule has 0 aliphatic rings. The number of rotatable bonds is 2. The van der Waals surface area contributed by atoms with Gasteiger partial charge in [0.25, 0.3) is 0 Å². The van der Waals surface area contributed by atoms with Gasteiger partial charge in [-0.2, -0.15) is 0 Å². The molecule has 0 N–H and O–H groups in total. The van der Waals surface area contributed by atoms with Crippen molar-refractivity contribution in [2.24, 2.45) is 7.05 Å². The Morgan fingerprint density at radius 1 is 1.55 bits per heavy atom. The van der Waals surface area contributed by atoms with Crippen LogP contribution >= 0.6 is 0 Å². The van der Waals surface area contributed by atoms with E-state index < -0.39 is 0 Å². The van der Waals surface area contributed by atoms with E-state index in [1.807, 2.05) is 26.1 Å². The Bertz CT molecular complexity index is 284. The fourth-order valence-electron chi connectivity index (χ4n) is 0.894. The van der Waals surface area contributed by atoms with E-state index in [2.05, 4.69) is 16.9 Å². The Hall–Kier alpha value is -1.38. The summed E-state index contributed by atoms with van der Waals surface area (Å²) in [5, 5.41) is 7.78. The maximum atomic E-state index is 3.93. The van der Waals surface area contributed by atoms with Gasteiger partial charge in [0.05, 0.1) is 5.69 Å². The summed E-state index contributed by atoms with van der Waals surface area (Å²) in [6, 6.07) is 0. The molecule has 0 aromatic carbocycles. The second kappa shape index (κ2) is 3.14. The van der Waals surface area contributed by atoms with E-state index in [1.165, 1.54) is 0 Å². The molecule has 0 fully saturated rings. The van der Waals surface area contributed by atoms with Crippen molar-refractivity contribution in [3.05, 3.63) is 24.0 Å². The van der Waals surface area contributed by atoms with Crippen molar-refractivity contribution in [2.75, 3.05) is 0 Å². The van der Waals surface area contributed by atoms with Gasteiger partial charge < -0.3 is 0 Å². The van der Waals surface area contributed by atoms with Gasteiger partial charge in [-0.1, -0.05) is 17.9 Å². The molecule has 0 amide bonds. The maximum absolute atomic E-state index is 3.93.